The van der Waals surface area contributed by atoms with Crippen molar-refractivity contribution in [1.82, 2.24) is 20.6 Å². The van der Waals surface area contributed by atoms with Crippen LogP contribution < -0.4 is 16.4 Å². The summed E-state index contributed by atoms with van der Waals surface area (Å²) in [4.78, 5) is 42.3. The maximum absolute atomic E-state index is 12.3. The van der Waals surface area contributed by atoms with E-state index in [9.17, 15) is 19.5 Å². The zero-order valence-corrected chi connectivity index (χ0v) is 15.1. The van der Waals surface area contributed by atoms with Gasteiger partial charge < -0.3 is 26.5 Å². The Hall–Kier alpha value is -2.07. The molecule has 1 aromatic rings. The molecular weight excluding hydrogens is 346 g/mol. The number of carboxylic acid groups (broad SMARTS) is 1. The predicted octanol–water partition coefficient (Wildman–Crippen LogP) is -0.690. The number of nitrogens with zero attached hydrogens (tertiary/aromatic N) is 1. The molecule has 0 aliphatic carbocycles. The summed E-state index contributed by atoms with van der Waals surface area (Å²) in [6.07, 6.45) is 3.42. The Bertz CT molecular complexity index is 578. The first kappa shape index (κ1) is 21.0. The van der Waals surface area contributed by atoms with E-state index >= 15 is 0 Å². The summed E-state index contributed by atoms with van der Waals surface area (Å²) in [6.45, 7) is 3.87. The fourth-order valence-corrected chi connectivity index (χ4v) is 2.43. The Balaban J connectivity index is 2.66. The Morgan fingerprint density at radius 1 is 1.28 bits per heavy atom. The lowest BCUT2D eigenvalue weighted by atomic mass is 10.0. The van der Waals surface area contributed by atoms with E-state index in [4.69, 9.17) is 5.73 Å². The summed E-state index contributed by atoms with van der Waals surface area (Å²) in [7, 11) is 0. The summed E-state index contributed by atoms with van der Waals surface area (Å²) < 4.78 is 0. The molecule has 6 N–H and O–H groups in total. The molecule has 2 amide bonds. The number of hydrogen-bond acceptors (Lipinski definition) is 6. The van der Waals surface area contributed by atoms with Crippen LogP contribution in [0.3, 0.4) is 0 Å². The first-order valence-electron chi connectivity index (χ1n) is 7.91. The number of H-pyrrole nitrogens is 1. The van der Waals surface area contributed by atoms with Crippen molar-refractivity contribution in [3.63, 3.8) is 0 Å². The molecule has 0 bridgehead atoms. The van der Waals surface area contributed by atoms with Crippen LogP contribution in [0.15, 0.2) is 12.5 Å². The van der Waals surface area contributed by atoms with Crippen molar-refractivity contribution in [3.8, 4) is 0 Å². The van der Waals surface area contributed by atoms with Crippen LogP contribution in [0, 0.1) is 5.92 Å². The zero-order valence-electron chi connectivity index (χ0n) is 14.2. The maximum Gasteiger partial charge on any atom is 0.326 e. The third-order valence-corrected chi connectivity index (χ3v) is 3.84. The average molecular weight is 371 g/mol. The SMILES string of the molecule is CC(C)C[C@H](N)C(=O)N[C@@H](CS)C(=O)N[C@@H](Cc1cnc[nH]1)C(=O)O. The standard InChI is InChI=1S/C15H25N5O4S/c1-8(2)3-10(16)13(21)20-12(6-25)14(22)19-11(15(23)24)4-9-5-17-7-18-9/h5,7-8,10-12,25H,3-4,6,16H2,1-2H3,(H,17,18)(H,19,22)(H,20,21)(H,23,24)/t10-,11-,12-/m0/s1. The van der Waals surface area contributed by atoms with Gasteiger partial charge in [-0.1, -0.05) is 13.8 Å². The van der Waals surface area contributed by atoms with Gasteiger partial charge in [0, 0.05) is 24.1 Å². The lowest BCUT2D eigenvalue weighted by molar-refractivity contribution is -0.142. The molecule has 1 aromatic heterocycles. The molecule has 0 saturated heterocycles. The molecule has 0 fully saturated rings. The summed E-state index contributed by atoms with van der Waals surface area (Å²) in [5, 5.41) is 14.2. The molecule has 25 heavy (non-hydrogen) atoms. The number of aromatic nitrogens is 2. The molecule has 0 unspecified atom stereocenters. The third-order valence-electron chi connectivity index (χ3n) is 3.47. The number of nitrogens with two attached hydrogens (primary N) is 1. The first-order valence-corrected chi connectivity index (χ1v) is 8.55. The van der Waals surface area contributed by atoms with Gasteiger partial charge >= 0.3 is 5.97 Å². The van der Waals surface area contributed by atoms with Crippen LogP contribution in [0.4, 0.5) is 0 Å². The molecule has 0 aromatic carbocycles. The molecule has 0 spiro atoms. The van der Waals surface area contributed by atoms with Crippen molar-refractivity contribution in [2.45, 2.75) is 44.8 Å². The second kappa shape index (κ2) is 10.0. The van der Waals surface area contributed by atoms with Gasteiger partial charge in [-0.15, -0.1) is 0 Å². The van der Waals surface area contributed by atoms with Crippen LogP contribution in [-0.2, 0) is 20.8 Å². The van der Waals surface area contributed by atoms with Gasteiger partial charge in [-0.3, -0.25) is 9.59 Å². The van der Waals surface area contributed by atoms with Crippen LogP contribution in [0.1, 0.15) is 26.0 Å². The zero-order chi connectivity index (χ0) is 19.0. The van der Waals surface area contributed by atoms with Crippen molar-refractivity contribution in [1.29, 1.82) is 0 Å². The van der Waals surface area contributed by atoms with Gasteiger partial charge in [-0.2, -0.15) is 12.6 Å². The third kappa shape index (κ3) is 7.14. The van der Waals surface area contributed by atoms with Gasteiger partial charge in [0.05, 0.1) is 12.4 Å². The molecule has 3 atom stereocenters. The van der Waals surface area contributed by atoms with Gasteiger partial charge in [-0.05, 0) is 12.3 Å². The molecule has 0 aliphatic rings. The molecule has 1 heterocycles. The van der Waals surface area contributed by atoms with Gasteiger partial charge in [0.25, 0.3) is 0 Å². The van der Waals surface area contributed by atoms with Crippen molar-refractivity contribution in [2.24, 2.45) is 11.7 Å². The number of nitrogens with one attached hydrogen (secondary N) is 3. The molecule has 0 radical (unpaired) electrons. The fraction of sp³-hybridized carbons (Fsp3) is 0.600. The number of carbonyl (C=O) groups excluding carboxylic acids is 2. The second-order valence-corrected chi connectivity index (χ2v) is 6.53. The monoisotopic (exact) mass is 371 g/mol. The number of rotatable bonds is 10. The minimum absolute atomic E-state index is 0.0162. The van der Waals surface area contributed by atoms with E-state index in [2.05, 4.69) is 33.2 Å². The summed E-state index contributed by atoms with van der Waals surface area (Å²) in [5.74, 6) is -2.04. The smallest absolute Gasteiger partial charge is 0.326 e. The largest absolute Gasteiger partial charge is 0.480 e. The quantitative estimate of drug-likeness (QED) is 0.300. The van der Waals surface area contributed by atoms with Crippen LogP contribution in [0.5, 0.6) is 0 Å². The number of hydrogen-bond donors (Lipinski definition) is 6. The van der Waals surface area contributed by atoms with E-state index in [0.717, 1.165) is 0 Å². The van der Waals surface area contributed by atoms with Gasteiger partial charge in [0.1, 0.15) is 12.1 Å². The van der Waals surface area contributed by atoms with Crippen LogP contribution in [0.25, 0.3) is 0 Å². The predicted molar refractivity (Wildman–Crippen MR) is 95.1 cm³/mol. The summed E-state index contributed by atoms with van der Waals surface area (Å²) in [5.41, 5.74) is 6.35. The van der Waals surface area contributed by atoms with Crippen molar-refractivity contribution >= 4 is 30.4 Å². The minimum atomic E-state index is -1.19. The van der Waals surface area contributed by atoms with E-state index < -0.39 is 35.9 Å². The number of aliphatic carboxylic acids is 1. The first-order chi connectivity index (χ1) is 11.7. The van der Waals surface area contributed by atoms with E-state index in [1.165, 1.54) is 12.5 Å². The van der Waals surface area contributed by atoms with Crippen LogP contribution in [0.2, 0.25) is 0 Å². The van der Waals surface area contributed by atoms with Gasteiger partial charge in [-0.25, -0.2) is 9.78 Å². The number of carbonyl (C=O) groups is 3. The number of thiol groups is 1. The highest BCUT2D eigenvalue weighted by molar-refractivity contribution is 7.80. The van der Waals surface area contributed by atoms with Crippen LogP contribution in [-0.4, -0.2) is 56.7 Å². The normalized spacial score (nSPS) is 14.6. The maximum atomic E-state index is 12.3. The summed E-state index contributed by atoms with van der Waals surface area (Å²) >= 11 is 4.05. The number of carboxylic acids is 1. The molecule has 1 rings (SSSR count). The number of aromatic amines is 1. The summed E-state index contributed by atoms with van der Waals surface area (Å²) in [6, 6.07) is -2.87. The Labute approximate surface area is 151 Å². The molecule has 9 nitrogen and oxygen atoms in total. The molecule has 140 valence electrons. The van der Waals surface area contributed by atoms with Crippen molar-refractivity contribution in [2.75, 3.05) is 5.75 Å². The minimum Gasteiger partial charge on any atom is -0.480 e. The number of amides is 2. The second-order valence-electron chi connectivity index (χ2n) is 6.16. The Kier molecular flexibility index (Phi) is 8.42. The average Bonchev–Trinajstić information content (AvgIpc) is 3.03. The fourth-order valence-electron chi connectivity index (χ4n) is 2.18. The van der Waals surface area contributed by atoms with Gasteiger partial charge in [0.2, 0.25) is 11.8 Å². The highest BCUT2D eigenvalue weighted by Crippen LogP contribution is 2.04. The highest BCUT2D eigenvalue weighted by Gasteiger charge is 2.27. The lowest BCUT2D eigenvalue weighted by Gasteiger charge is -2.22. The highest BCUT2D eigenvalue weighted by atomic mass is 32.1. The van der Waals surface area contributed by atoms with E-state index in [1.54, 1.807) is 0 Å². The number of imidazole rings is 1. The van der Waals surface area contributed by atoms with E-state index in [0.29, 0.717) is 12.1 Å². The van der Waals surface area contributed by atoms with Crippen LogP contribution >= 0.6 is 12.6 Å². The van der Waals surface area contributed by atoms with Gasteiger partial charge in [0.15, 0.2) is 0 Å². The lowest BCUT2D eigenvalue weighted by Crippen LogP contribution is -2.55. The Morgan fingerprint density at radius 2 is 1.92 bits per heavy atom. The van der Waals surface area contributed by atoms with Crippen molar-refractivity contribution in [3.05, 3.63) is 18.2 Å². The molecule has 0 saturated carbocycles. The van der Waals surface area contributed by atoms with Crippen molar-refractivity contribution < 1.29 is 19.5 Å². The Morgan fingerprint density at radius 3 is 2.40 bits per heavy atom. The topological polar surface area (TPSA) is 150 Å². The molecule has 0 aliphatic heterocycles. The van der Waals surface area contributed by atoms with E-state index in [1.807, 2.05) is 13.8 Å². The molecule has 10 heteroatoms. The molecular formula is C15H25N5O4S. The van der Waals surface area contributed by atoms with E-state index in [-0.39, 0.29) is 18.1 Å².